The van der Waals surface area contributed by atoms with Gasteiger partial charge < -0.3 is 14.6 Å². The Balaban J connectivity index is 1.84. The molecular formula is C14H22N2O2. The van der Waals surface area contributed by atoms with Crippen LogP contribution in [0.4, 0.5) is 0 Å². The highest BCUT2D eigenvalue weighted by atomic mass is 16.3. The minimum absolute atomic E-state index is 0.0324. The predicted molar refractivity (Wildman–Crippen MR) is 70.6 cm³/mol. The van der Waals surface area contributed by atoms with Gasteiger partial charge in [-0.15, -0.1) is 0 Å². The molecule has 2 heterocycles. The number of hydrogen-bond acceptors (Lipinski definition) is 3. The molecule has 1 aliphatic rings. The topological polar surface area (TPSA) is 45.5 Å². The number of aryl methyl sites for hydroxylation is 1. The minimum Gasteiger partial charge on any atom is -0.456 e. The average molecular weight is 250 g/mol. The molecule has 18 heavy (non-hydrogen) atoms. The van der Waals surface area contributed by atoms with Gasteiger partial charge in [0.15, 0.2) is 5.76 Å². The Morgan fingerprint density at radius 1 is 1.44 bits per heavy atom. The molecule has 2 rings (SSSR count). The Hall–Kier alpha value is -1.29. The van der Waals surface area contributed by atoms with Crippen molar-refractivity contribution in [1.29, 1.82) is 0 Å². The van der Waals surface area contributed by atoms with E-state index in [4.69, 9.17) is 4.42 Å². The van der Waals surface area contributed by atoms with E-state index in [1.165, 1.54) is 0 Å². The second-order valence-corrected chi connectivity index (χ2v) is 4.95. The van der Waals surface area contributed by atoms with Crippen LogP contribution in [-0.2, 0) is 0 Å². The van der Waals surface area contributed by atoms with Gasteiger partial charge in [-0.25, -0.2) is 0 Å². The highest BCUT2D eigenvalue weighted by Crippen LogP contribution is 2.19. The molecule has 4 nitrogen and oxygen atoms in total. The van der Waals surface area contributed by atoms with Crippen molar-refractivity contribution < 1.29 is 9.21 Å². The number of rotatable bonds is 4. The predicted octanol–water partition coefficient (Wildman–Crippen LogP) is 2.05. The molecule has 1 aromatic rings. The maximum absolute atomic E-state index is 12.2. The fraction of sp³-hybridized carbons (Fsp3) is 0.643. The monoisotopic (exact) mass is 250 g/mol. The fourth-order valence-corrected chi connectivity index (χ4v) is 2.39. The maximum atomic E-state index is 12.2. The Kier molecular flexibility index (Phi) is 4.42. The van der Waals surface area contributed by atoms with Gasteiger partial charge in [0.1, 0.15) is 5.76 Å². The van der Waals surface area contributed by atoms with E-state index in [1.807, 2.05) is 17.9 Å². The van der Waals surface area contributed by atoms with E-state index >= 15 is 0 Å². The average Bonchev–Trinajstić information content (AvgIpc) is 2.83. The van der Waals surface area contributed by atoms with Crippen LogP contribution in [0.15, 0.2) is 16.5 Å². The summed E-state index contributed by atoms with van der Waals surface area (Å²) < 4.78 is 5.39. The third-order valence-electron chi connectivity index (χ3n) is 3.54. The summed E-state index contributed by atoms with van der Waals surface area (Å²) in [6.45, 7) is 7.75. The summed E-state index contributed by atoms with van der Waals surface area (Å²) in [5, 5.41) is 3.38. The summed E-state index contributed by atoms with van der Waals surface area (Å²) in [6, 6.07) is 3.60. The normalized spacial score (nSPS) is 17.1. The van der Waals surface area contributed by atoms with Crippen LogP contribution in [-0.4, -0.2) is 37.0 Å². The minimum atomic E-state index is 0.0324. The second-order valence-electron chi connectivity index (χ2n) is 4.95. The van der Waals surface area contributed by atoms with Gasteiger partial charge in [-0.3, -0.25) is 4.79 Å². The third-order valence-corrected chi connectivity index (χ3v) is 3.54. The lowest BCUT2D eigenvalue weighted by molar-refractivity contribution is 0.0657. The molecule has 0 saturated carbocycles. The first-order valence-corrected chi connectivity index (χ1v) is 6.77. The Morgan fingerprint density at radius 3 is 2.72 bits per heavy atom. The number of nitrogens with one attached hydrogen (secondary N) is 1. The molecule has 0 aromatic carbocycles. The lowest BCUT2D eigenvalue weighted by Crippen LogP contribution is -2.40. The van der Waals surface area contributed by atoms with E-state index < -0.39 is 0 Å². The Labute approximate surface area is 108 Å². The number of nitrogens with zero attached hydrogens (tertiary/aromatic N) is 1. The molecule has 1 amide bonds. The molecule has 0 spiro atoms. The van der Waals surface area contributed by atoms with Crippen LogP contribution in [0.3, 0.4) is 0 Å². The van der Waals surface area contributed by atoms with E-state index in [1.54, 1.807) is 6.07 Å². The second kappa shape index (κ2) is 6.05. The zero-order valence-electron chi connectivity index (χ0n) is 11.2. The van der Waals surface area contributed by atoms with Crippen molar-refractivity contribution in [3.63, 3.8) is 0 Å². The van der Waals surface area contributed by atoms with Crippen LogP contribution in [0.2, 0.25) is 0 Å². The van der Waals surface area contributed by atoms with Crippen molar-refractivity contribution in [2.24, 2.45) is 5.92 Å². The smallest absolute Gasteiger partial charge is 0.289 e. The first-order valence-electron chi connectivity index (χ1n) is 6.77. The van der Waals surface area contributed by atoms with Crippen LogP contribution >= 0.6 is 0 Å². The maximum Gasteiger partial charge on any atom is 0.289 e. The van der Waals surface area contributed by atoms with Gasteiger partial charge in [-0.2, -0.15) is 0 Å². The van der Waals surface area contributed by atoms with Gasteiger partial charge in [0, 0.05) is 13.1 Å². The van der Waals surface area contributed by atoms with Gasteiger partial charge in [-0.05, 0) is 50.9 Å². The van der Waals surface area contributed by atoms with Crippen LogP contribution in [0.25, 0.3) is 0 Å². The Morgan fingerprint density at radius 2 is 2.17 bits per heavy atom. The highest BCUT2D eigenvalue weighted by Gasteiger charge is 2.24. The van der Waals surface area contributed by atoms with Gasteiger partial charge in [0.2, 0.25) is 0 Å². The number of carbonyl (C=O) groups excluding carboxylic acids is 1. The molecule has 0 radical (unpaired) electrons. The number of amides is 1. The largest absolute Gasteiger partial charge is 0.456 e. The molecule has 100 valence electrons. The molecule has 4 heteroatoms. The molecule has 1 fully saturated rings. The lowest BCUT2D eigenvalue weighted by atomic mass is 9.96. The van der Waals surface area contributed by atoms with E-state index in [9.17, 15) is 4.79 Å². The number of likely N-dealkylation sites (tertiary alicyclic amines) is 1. The van der Waals surface area contributed by atoms with Crippen molar-refractivity contribution in [3.05, 3.63) is 23.7 Å². The highest BCUT2D eigenvalue weighted by molar-refractivity contribution is 5.91. The van der Waals surface area contributed by atoms with Crippen molar-refractivity contribution in [2.75, 3.05) is 26.2 Å². The molecule has 0 unspecified atom stereocenters. The number of carbonyl (C=O) groups is 1. The van der Waals surface area contributed by atoms with Gasteiger partial charge in [0.05, 0.1) is 0 Å². The molecule has 0 bridgehead atoms. The first-order chi connectivity index (χ1) is 8.70. The third kappa shape index (κ3) is 3.13. The summed E-state index contributed by atoms with van der Waals surface area (Å²) in [5.41, 5.74) is 0. The van der Waals surface area contributed by atoms with E-state index in [0.717, 1.165) is 44.8 Å². The number of piperidine rings is 1. The number of hydrogen-bond donors (Lipinski definition) is 1. The number of furan rings is 1. The lowest BCUT2D eigenvalue weighted by Gasteiger charge is -2.31. The van der Waals surface area contributed by atoms with Crippen molar-refractivity contribution in [3.8, 4) is 0 Å². The summed E-state index contributed by atoms with van der Waals surface area (Å²) in [4.78, 5) is 14.1. The van der Waals surface area contributed by atoms with Crippen molar-refractivity contribution in [2.45, 2.75) is 26.7 Å². The van der Waals surface area contributed by atoms with Crippen LogP contribution < -0.4 is 5.32 Å². The molecule has 0 aliphatic carbocycles. The zero-order chi connectivity index (χ0) is 13.0. The fourth-order valence-electron chi connectivity index (χ4n) is 2.39. The molecule has 1 aliphatic heterocycles. The van der Waals surface area contributed by atoms with E-state index in [0.29, 0.717) is 11.7 Å². The summed E-state index contributed by atoms with van der Waals surface area (Å²) in [6.07, 6.45) is 2.16. The standard InChI is InChI=1S/C14H22N2O2/c1-3-15-10-12-6-8-16(9-7-12)14(17)13-5-4-11(2)18-13/h4-5,12,15H,3,6-10H2,1-2H3. The van der Waals surface area contributed by atoms with Crippen molar-refractivity contribution in [1.82, 2.24) is 10.2 Å². The molecular weight excluding hydrogens is 228 g/mol. The summed E-state index contributed by atoms with van der Waals surface area (Å²) in [7, 11) is 0. The van der Waals surface area contributed by atoms with E-state index in [2.05, 4.69) is 12.2 Å². The molecule has 0 atom stereocenters. The molecule has 1 aromatic heterocycles. The SMILES string of the molecule is CCNCC1CCN(C(=O)c2ccc(C)o2)CC1. The van der Waals surface area contributed by atoms with Crippen LogP contribution in [0.5, 0.6) is 0 Å². The molecule has 1 N–H and O–H groups in total. The Bertz CT molecular complexity index is 392. The van der Waals surface area contributed by atoms with Crippen molar-refractivity contribution >= 4 is 5.91 Å². The molecule has 1 saturated heterocycles. The first kappa shape index (κ1) is 13.1. The van der Waals surface area contributed by atoms with Gasteiger partial charge >= 0.3 is 0 Å². The quantitative estimate of drug-likeness (QED) is 0.889. The van der Waals surface area contributed by atoms with E-state index in [-0.39, 0.29) is 5.91 Å². The van der Waals surface area contributed by atoms with Crippen LogP contribution in [0, 0.1) is 12.8 Å². The van der Waals surface area contributed by atoms with Crippen LogP contribution in [0.1, 0.15) is 36.1 Å². The zero-order valence-corrected chi connectivity index (χ0v) is 11.2. The summed E-state index contributed by atoms with van der Waals surface area (Å²) >= 11 is 0. The van der Waals surface area contributed by atoms with Gasteiger partial charge in [-0.1, -0.05) is 6.92 Å². The van der Waals surface area contributed by atoms with Gasteiger partial charge in [0.25, 0.3) is 5.91 Å². The summed E-state index contributed by atoms with van der Waals surface area (Å²) in [5.74, 6) is 2.00.